The third kappa shape index (κ3) is 3.63. The normalized spacial score (nSPS) is 20.1. The van der Waals surface area contributed by atoms with Gasteiger partial charge >= 0.3 is 6.03 Å². The molecule has 1 fully saturated rings. The van der Waals surface area contributed by atoms with E-state index in [1.54, 1.807) is 31.2 Å². The van der Waals surface area contributed by atoms with Crippen molar-refractivity contribution < 1.29 is 14.4 Å². The Labute approximate surface area is 164 Å². The molecule has 0 aromatic heterocycles. The lowest BCUT2D eigenvalue weighted by Gasteiger charge is -2.22. The minimum absolute atomic E-state index is 0.229. The SMILES string of the molecule is Cc1ccc([C@H](C)NC(=O)CN2C(=O)N[C@@](C)(c3ccccc3)C2=O)cc1C. The smallest absolute Gasteiger partial charge is 0.325 e. The first-order valence-electron chi connectivity index (χ1n) is 9.28. The van der Waals surface area contributed by atoms with E-state index < -0.39 is 17.5 Å². The van der Waals surface area contributed by atoms with Gasteiger partial charge in [-0.2, -0.15) is 0 Å². The molecule has 0 unspecified atom stereocenters. The summed E-state index contributed by atoms with van der Waals surface area (Å²) >= 11 is 0. The highest BCUT2D eigenvalue weighted by Crippen LogP contribution is 2.28. The molecule has 4 amide bonds. The Bertz CT molecular complexity index is 926. The fourth-order valence-electron chi connectivity index (χ4n) is 3.36. The number of nitrogens with one attached hydrogen (secondary N) is 2. The molecular formula is C22H25N3O3. The van der Waals surface area contributed by atoms with E-state index >= 15 is 0 Å². The van der Waals surface area contributed by atoms with E-state index in [0.29, 0.717) is 5.56 Å². The van der Waals surface area contributed by atoms with Crippen molar-refractivity contribution in [2.24, 2.45) is 0 Å². The minimum atomic E-state index is -1.17. The zero-order valence-corrected chi connectivity index (χ0v) is 16.6. The zero-order valence-electron chi connectivity index (χ0n) is 16.6. The Hall–Kier alpha value is -3.15. The molecule has 2 aromatic rings. The molecule has 1 aliphatic heterocycles. The topological polar surface area (TPSA) is 78.5 Å². The molecule has 6 nitrogen and oxygen atoms in total. The molecule has 2 N–H and O–H groups in total. The molecular weight excluding hydrogens is 354 g/mol. The molecule has 2 aromatic carbocycles. The number of rotatable bonds is 5. The van der Waals surface area contributed by atoms with Gasteiger partial charge in [-0.25, -0.2) is 4.79 Å². The van der Waals surface area contributed by atoms with E-state index in [1.807, 2.05) is 45.0 Å². The van der Waals surface area contributed by atoms with Crippen LogP contribution in [0.15, 0.2) is 48.5 Å². The Morgan fingerprint density at radius 3 is 2.43 bits per heavy atom. The van der Waals surface area contributed by atoms with Crippen molar-refractivity contribution >= 4 is 17.8 Å². The molecule has 0 bridgehead atoms. The maximum Gasteiger partial charge on any atom is 0.325 e. The van der Waals surface area contributed by atoms with Crippen molar-refractivity contribution in [3.8, 4) is 0 Å². The van der Waals surface area contributed by atoms with Crippen molar-refractivity contribution in [3.05, 3.63) is 70.8 Å². The molecule has 1 saturated heterocycles. The number of nitrogens with zero attached hydrogens (tertiary/aromatic N) is 1. The van der Waals surface area contributed by atoms with E-state index in [1.165, 1.54) is 5.56 Å². The van der Waals surface area contributed by atoms with E-state index in [9.17, 15) is 14.4 Å². The zero-order chi connectivity index (χ0) is 20.5. The van der Waals surface area contributed by atoms with Gasteiger partial charge in [-0.15, -0.1) is 0 Å². The highest BCUT2D eigenvalue weighted by atomic mass is 16.2. The second-order valence-electron chi connectivity index (χ2n) is 7.45. The Balaban J connectivity index is 1.69. The number of urea groups is 1. The van der Waals surface area contributed by atoms with Crippen LogP contribution in [0.1, 0.15) is 42.1 Å². The molecule has 0 aliphatic carbocycles. The summed E-state index contributed by atoms with van der Waals surface area (Å²) in [5.74, 6) is -0.816. The van der Waals surface area contributed by atoms with Crippen molar-refractivity contribution in [1.82, 2.24) is 15.5 Å². The van der Waals surface area contributed by atoms with Crippen LogP contribution in [-0.4, -0.2) is 29.3 Å². The lowest BCUT2D eigenvalue weighted by molar-refractivity contribution is -0.135. The van der Waals surface area contributed by atoms with Crippen LogP contribution in [0.3, 0.4) is 0 Å². The van der Waals surface area contributed by atoms with Crippen LogP contribution in [0.25, 0.3) is 0 Å². The van der Waals surface area contributed by atoms with Gasteiger partial charge in [-0.1, -0.05) is 48.5 Å². The van der Waals surface area contributed by atoms with Gasteiger partial charge in [0.05, 0.1) is 6.04 Å². The second kappa shape index (κ2) is 7.46. The van der Waals surface area contributed by atoms with E-state index in [4.69, 9.17) is 0 Å². The first-order chi connectivity index (χ1) is 13.2. The van der Waals surface area contributed by atoms with Crippen molar-refractivity contribution in [2.75, 3.05) is 6.54 Å². The van der Waals surface area contributed by atoms with Gasteiger partial charge in [0, 0.05) is 0 Å². The van der Waals surface area contributed by atoms with Gasteiger partial charge in [0.25, 0.3) is 5.91 Å². The van der Waals surface area contributed by atoms with Crippen LogP contribution < -0.4 is 10.6 Å². The van der Waals surface area contributed by atoms with Crippen molar-refractivity contribution in [2.45, 2.75) is 39.3 Å². The highest BCUT2D eigenvalue weighted by molar-refractivity contribution is 6.09. The summed E-state index contributed by atoms with van der Waals surface area (Å²) in [6.45, 7) is 7.26. The molecule has 1 aliphatic rings. The number of amides is 4. The van der Waals surface area contributed by atoms with E-state index in [0.717, 1.165) is 16.0 Å². The molecule has 0 spiro atoms. The summed E-state index contributed by atoms with van der Waals surface area (Å²) in [5, 5.41) is 5.57. The second-order valence-corrected chi connectivity index (χ2v) is 7.45. The molecule has 146 valence electrons. The molecule has 1 heterocycles. The third-order valence-electron chi connectivity index (χ3n) is 5.34. The Morgan fingerprint density at radius 2 is 1.79 bits per heavy atom. The number of carbonyl (C=O) groups is 3. The van der Waals surface area contributed by atoms with Crippen LogP contribution in [-0.2, 0) is 15.1 Å². The number of imide groups is 1. The molecule has 0 radical (unpaired) electrons. The first kappa shape index (κ1) is 19.6. The largest absolute Gasteiger partial charge is 0.348 e. The molecule has 28 heavy (non-hydrogen) atoms. The maximum absolute atomic E-state index is 12.9. The average molecular weight is 379 g/mol. The summed E-state index contributed by atoms with van der Waals surface area (Å²) in [5.41, 5.74) is 2.81. The van der Waals surface area contributed by atoms with Crippen molar-refractivity contribution in [1.29, 1.82) is 0 Å². The maximum atomic E-state index is 12.9. The summed E-state index contributed by atoms with van der Waals surface area (Å²) in [4.78, 5) is 38.7. The van der Waals surface area contributed by atoms with Crippen molar-refractivity contribution in [3.63, 3.8) is 0 Å². The summed E-state index contributed by atoms with van der Waals surface area (Å²) < 4.78 is 0. The summed E-state index contributed by atoms with van der Waals surface area (Å²) in [7, 11) is 0. The number of aryl methyl sites for hydroxylation is 2. The van der Waals surface area contributed by atoms with Gasteiger partial charge in [0.15, 0.2) is 0 Å². The molecule has 3 rings (SSSR count). The summed E-state index contributed by atoms with van der Waals surface area (Å²) in [6.07, 6.45) is 0. The van der Waals surface area contributed by atoms with Crippen LogP contribution >= 0.6 is 0 Å². The number of hydrogen-bond acceptors (Lipinski definition) is 3. The molecule has 6 heteroatoms. The van der Waals surface area contributed by atoms with Crippen LogP contribution in [0, 0.1) is 13.8 Å². The first-order valence-corrected chi connectivity index (χ1v) is 9.28. The van der Waals surface area contributed by atoms with Crippen LogP contribution in [0.2, 0.25) is 0 Å². The lowest BCUT2D eigenvalue weighted by Crippen LogP contribution is -2.43. The standard InChI is InChI=1S/C22H25N3O3/c1-14-10-11-17(12-15(14)2)16(3)23-19(26)13-25-20(27)22(4,24-21(25)28)18-8-6-5-7-9-18/h5-12,16H,13H2,1-4H3,(H,23,26)(H,24,28)/t16-,22-/m0/s1. The summed E-state index contributed by atoms with van der Waals surface area (Å²) in [6, 6.07) is 14.2. The monoisotopic (exact) mass is 379 g/mol. The predicted octanol–water partition coefficient (Wildman–Crippen LogP) is 2.95. The fraction of sp³-hybridized carbons (Fsp3) is 0.318. The average Bonchev–Trinajstić information content (AvgIpc) is 2.88. The highest BCUT2D eigenvalue weighted by Gasteiger charge is 2.49. The molecule has 2 atom stereocenters. The van der Waals surface area contributed by atoms with Gasteiger partial charge < -0.3 is 10.6 Å². The Kier molecular flexibility index (Phi) is 5.23. The number of carbonyl (C=O) groups excluding carboxylic acids is 3. The number of hydrogen-bond donors (Lipinski definition) is 2. The number of benzene rings is 2. The van der Waals surface area contributed by atoms with E-state index in [2.05, 4.69) is 10.6 Å². The van der Waals surface area contributed by atoms with E-state index in [-0.39, 0.29) is 18.5 Å². The van der Waals surface area contributed by atoms with Gasteiger partial charge in [0.2, 0.25) is 5.91 Å². The van der Waals surface area contributed by atoms with Crippen LogP contribution in [0.4, 0.5) is 4.79 Å². The predicted molar refractivity (Wildman–Crippen MR) is 107 cm³/mol. The third-order valence-corrected chi connectivity index (χ3v) is 5.34. The van der Waals surface area contributed by atoms with Gasteiger partial charge in [-0.3, -0.25) is 14.5 Å². The minimum Gasteiger partial charge on any atom is -0.348 e. The van der Waals surface area contributed by atoms with Gasteiger partial charge in [-0.05, 0) is 49.9 Å². The molecule has 0 saturated carbocycles. The van der Waals surface area contributed by atoms with Gasteiger partial charge in [0.1, 0.15) is 12.1 Å². The van der Waals surface area contributed by atoms with Crippen LogP contribution in [0.5, 0.6) is 0 Å². The quantitative estimate of drug-likeness (QED) is 0.784. The Morgan fingerprint density at radius 1 is 1.11 bits per heavy atom. The fourth-order valence-corrected chi connectivity index (χ4v) is 3.36. The lowest BCUT2D eigenvalue weighted by atomic mass is 9.92.